The fraction of sp³-hybridized carbons (Fsp3) is 0.289. The van der Waals surface area contributed by atoms with Gasteiger partial charge in [0.25, 0.3) is 0 Å². The molecule has 250 valence electrons. The summed E-state index contributed by atoms with van der Waals surface area (Å²) in [6.45, 7) is 2.29. The van der Waals surface area contributed by atoms with Gasteiger partial charge in [-0.15, -0.1) is 0 Å². The van der Waals surface area contributed by atoms with E-state index in [2.05, 4.69) is 40.5 Å². The highest BCUT2D eigenvalue weighted by Gasteiger charge is 2.48. The van der Waals surface area contributed by atoms with Gasteiger partial charge >= 0.3 is 0 Å². The number of aromatic hydroxyl groups is 1. The zero-order valence-electron chi connectivity index (χ0n) is 27.8. The van der Waals surface area contributed by atoms with Gasteiger partial charge in [-0.25, -0.2) is 5.01 Å². The highest BCUT2D eigenvalue weighted by Crippen LogP contribution is 2.29. The molecule has 0 radical (unpaired) electrons. The first-order valence-corrected chi connectivity index (χ1v) is 16.1. The molecule has 10 nitrogen and oxygen atoms in total. The van der Waals surface area contributed by atoms with E-state index in [1.807, 2.05) is 68.7 Å². The number of carbonyl (C=O) groups excluding carboxylic acids is 3. The second-order valence-corrected chi connectivity index (χ2v) is 12.2. The quantitative estimate of drug-likeness (QED) is 0.252. The van der Waals surface area contributed by atoms with E-state index in [0.717, 1.165) is 36.3 Å². The summed E-state index contributed by atoms with van der Waals surface area (Å²) in [4.78, 5) is 44.6. The Bertz CT molecular complexity index is 1650. The number of nitrogens with zero attached hydrogens (tertiary/aromatic N) is 5. The van der Waals surface area contributed by atoms with E-state index in [1.54, 1.807) is 46.1 Å². The van der Waals surface area contributed by atoms with E-state index in [4.69, 9.17) is 0 Å². The zero-order chi connectivity index (χ0) is 34.0. The number of rotatable bonds is 10. The number of likely N-dealkylation sites (N-methyl/N-ethyl adjacent to an activating group) is 1. The second kappa shape index (κ2) is 16.1. The molecule has 2 heterocycles. The molecule has 0 aliphatic carbocycles. The molecule has 2 aliphatic heterocycles. The minimum atomic E-state index is -0.763. The van der Waals surface area contributed by atoms with Gasteiger partial charge < -0.3 is 25.1 Å². The summed E-state index contributed by atoms with van der Waals surface area (Å²) >= 11 is 0. The largest absolute Gasteiger partial charge is 0.508 e. The zero-order valence-corrected chi connectivity index (χ0v) is 27.8. The molecule has 48 heavy (non-hydrogen) atoms. The Morgan fingerprint density at radius 1 is 0.854 bits per heavy atom. The van der Waals surface area contributed by atoms with Crippen molar-refractivity contribution < 1.29 is 19.5 Å². The standard InChI is InChI=1S/C30H33N5O4.C8H11N/c1-31(17-23-7-4-3-5-8-23)25-10-6-9-24(15-25)18-33-19-28-34(21-36)32(2)20-29(38)35(28)27(30(33)39)16-22-11-13-26(37)14-12-22;1-9-7-8-5-3-2-4-6-8/h3-15,21,27-28,37H,16-20H2,1-2H3;2-6,9H,7H2,1H3/t27-,28?;/m0./s1. The molecule has 3 amide bonds. The number of carbonyl (C=O) groups is 3. The van der Waals surface area contributed by atoms with Crippen LogP contribution in [-0.4, -0.2) is 89.6 Å². The number of phenols is 1. The molecule has 0 bridgehead atoms. The molecule has 2 atom stereocenters. The van der Waals surface area contributed by atoms with Gasteiger partial charge in [-0.2, -0.15) is 0 Å². The van der Waals surface area contributed by atoms with Crippen molar-refractivity contribution in [3.63, 3.8) is 0 Å². The van der Waals surface area contributed by atoms with Gasteiger partial charge in [-0.1, -0.05) is 84.9 Å². The van der Waals surface area contributed by atoms with Crippen LogP contribution >= 0.6 is 0 Å². The van der Waals surface area contributed by atoms with Crippen molar-refractivity contribution in [3.8, 4) is 5.75 Å². The topological polar surface area (TPSA) is 99.7 Å². The number of hydrogen-bond acceptors (Lipinski definition) is 7. The third-order valence-electron chi connectivity index (χ3n) is 8.67. The lowest BCUT2D eigenvalue weighted by atomic mass is 9.98. The summed E-state index contributed by atoms with van der Waals surface area (Å²) in [5.41, 5.74) is 5.35. The first kappa shape index (κ1) is 34.2. The number of benzene rings is 4. The Hall–Kier alpha value is -5.19. The van der Waals surface area contributed by atoms with Gasteiger partial charge in [0, 0.05) is 45.8 Å². The maximum Gasteiger partial charge on any atom is 0.246 e. The van der Waals surface area contributed by atoms with E-state index >= 15 is 0 Å². The van der Waals surface area contributed by atoms with E-state index in [-0.39, 0.29) is 37.1 Å². The molecular weight excluding hydrogens is 604 g/mol. The van der Waals surface area contributed by atoms with Crippen LogP contribution in [0.4, 0.5) is 5.69 Å². The summed E-state index contributed by atoms with van der Waals surface area (Å²) in [6.07, 6.45) is 0.403. The normalized spacial score (nSPS) is 17.8. The predicted molar refractivity (Wildman–Crippen MR) is 186 cm³/mol. The Morgan fingerprint density at radius 2 is 1.50 bits per heavy atom. The molecule has 4 aromatic carbocycles. The van der Waals surface area contributed by atoms with Crippen molar-refractivity contribution in [3.05, 3.63) is 131 Å². The Balaban J connectivity index is 0.000000434. The van der Waals surface area contributed by atoms with E-state index in [0.29, 0.717) is 6.54 Å². The fourth-order valence-electron chi connectivity index (χ4n) is 6.25. The third-order valence-corrected chi connectivity index (χ3v) is 8.67. The molecule has 2 saturated heterocycles. The van der Waals surface area contributed by atoms with Gasteiger partial charge in [0.2, 0.25) is 18.2 Å². The Morgan fingerprint density at radius 3 is 2.15 bits per heavy atom. The van der Waals surface area contributed by atoms with Gasteiger partial charge in [0.05, 0.1) is 13.1 Å². The van der Waals surface area contributed by atoms with Crippen molar-refractivity contribution in [1.82, 2.24) is 25.1 Å². The monoisotopic (exact) mass is 648 g/mol. The molecule has 0 aromatic heterocycles. The highest BCUT2D eigenvalue weighted by molar-refractivity contribution is 5.91. The number of hydrogen-bond donors (Lipinski definition) is 2. The summed E-state index contributed by atoms with van der Waals surface area (Å²) in [5.74, 6) is -0.221. The van der Waals surface area contributed by atoms with Crippen LogP contribution in [0, 0.1) is 0 Å². The van der Waals surface area contributed by atoms with Gasteiger partial charge in [0.15, 0.2) is 0 Å². The van der Waals surface area contributed by atoms with Crippen molar-refractivity contribution >= 4 is 23.9 Å². The van der Waals surface area contributed by atoms with Crippen molar-refractivity contribution in [2.75, 3.05) is 39.1 Å². The molecule has 1 unspecified atom stereocenters. The van der Waals surface area contributed by atoms with Crippen molar-refractivity contribution in [2.45, 2.75) is 38.3 Å². The average Bonchev–Trinajstić information content (AvgIpc) is 3.09. The van der Waals surface area contributed by atoms with Gasteiger partial charge in [0.1, 0.15) is 18.0 Å². The van der Waals surface area contributed by atoms with Crippen LogP contribution in [-0.2, 0) is 40.4 Å². The Labute approximate surface area is 282 Å². The molecule has 0 spiro atoms. The summed E-state index contributed by atoms with van der Waals surface area (Å²) in [6, 6.07) is 34.5. The number of phenolic OH excluding ortho intramolecular Hbond substituents is 1. The lowest BCUT2D eigenvalue weighted by Gasteiger charge is -2.53. The summed E-state index contributed by atoms with van der Waals surface area (Å²) < 4.78 is 0. The SMILES string of the molecule is CN(Cc1ccccc1)c1cccc(CN2CC3N(C(=O)CN(C)N3C=O)[C@@H](Cc3ccc(O)cc3)C2=O)c1.CNCc1ccccc1. The minimum Gasteiger partial charge on any atom is -0.508 e. The molecular formula is C38H44N6O4. The minimum absolute atomic E-state index is 0.0182. The lowest BCUT2D eigenvalue weighted by Crippen LogP contribution is -2.74. The molecule has 0 saturated carbocycles. The highest BCUT2D eigenvalue weighted by atomic mass is 16.3. The van der Waals surface area contributed by atoms with Crippen LogP contribution in [0.15, 0.2) is 109 Å². The number of nitrogens with one attached hydrogen (secondary N) is 1. The predicted octanol–water partition coefficient (Wildman–Crippen LogP) is 3.86. The summed E-state index contributed by atoms with van der Waals surface area (Å²) in [5, 5.41) is 15.9. The molecule has 6 rings (SSSR count). The maximum atomic E-state index is 13.9. The van der Waals surface area contributed by atoms with Gasteiger partial charge in [-0.3, -0.25) is 19.4 Å². The lowest BCUT2D eigenvalue weighted by molar-refractivity contribution is -0.196. The first-order valence-electron chi connectivity index (χ1n) is 16.1. The van der Waals surface area contributed by atoms with Crippen molar-refractivity contribution in [1.29, 1.82) is 0 Å². The fourth-order valence-corrected chi connectivity index (χ4v) is 6.25. The van der Waals surface area contributed by atoms with Crippen LogP contribution in [0.3, 0.4) is 0 Å². The first-order chi connectivity index (χ1) is 23.3. The van der Waals surface area contributed by atoms with Gasteiger partial charge in [-0.05, 0) is 53.6 Å². The molecule has 2 fully saturated rings. The van der Waals surface area contributed by atoms with Crippen LogP contribution in [0.1, 0.15) is 22.3 Å². The van der Waals surface area contributed by atoms with E-state index in [9.17, 15) is 19.5 Å². The number of piperazine rings is 1. The number of amides is 3. The maximum absolute atomic E-state index is 13.9. The van der Waals surface area contributed by atoms with E-state index < -0.39 is 12.2 Å². The molecule has 10 heteroatoms. The van der Waals surface area contributed by atoms with Crippen molar-refractivity contribution in [2.24, 2.45) is 0 Å². The Kier molecular flexibility index (Phi) is 11.4. The number of hydrazine groups is 1. The average molecular weight is 649 g/mol. The summed E-state index contributed by atoms with van der Waals surface area (Å²) in [7, 11) is 5.69. The van der Waals surface area contributed by atoms with Crippen LogP contribution in [0.25, 0.3) is 0 Å². The smallest absolute Gasteiger partial charge is 0.246 e. The number of fused-ring (bicyclic) bond motifs is 1. The second-order valence-electron chi connectivity index (χ2n) is 12.2. The van der Waals surface area contributed by atoms with Crippen LogP contribution in [0.2, 0.25) is 0 Å². The molecule has 2 N–H and O–H groups in total. The third kappa shape index (κ3) is 8.39. The molecule has 2 aliphatic rings. The van der Waals surface area contributed by atoms with E-state index in [1.165, 1.54) is 16.1 Å². The van der Waals surface area contributed by atoms with Crippen LogP contribution < -0.4 is 10.2 Å². The molecule has 4 aromatic rings. The van der Waals surface area contributed by atoms with Crippen LogP contribution in [0.5, 0.6) is 5.75 Å². The number of anilines is 1.